The number of carbonyl (C=O) groups excluding carboxylic acids is 4. The molecule has 268 valence electrons. The van der Waals surface area contributed by atoms with Crippen molar-refractivity contribution in [1.29, 1.82) is 0 Å². The topological polar surface area (TPSA) is 142 Å². The minimum Gasteiger partial charge on any atom is -0.429 e. The van der Waals surface area contributed by atoms with Crippen molar-refractivity contribution in [3.05, 3.63) is 118 Å². The molecule has 5 rings (SSSR count). The number of hydrogen-bond acceptors (Lipinski definition) is 12. The minimum absolute atomic E-state index is 0.0290. The second-order valence-corrected chi connectivity index (χ2v) is 12.3. The predicted molar refractivity (Wildman–Crippen MR) is 190 cm³/mol. The van der Waals surface area contributed by atoms with Crippen molar-refractivity contribution in [2.75, 3.05) is 26.4 Å². The fraction of sp³-hybridized carbons (Fsp3) is 0.200. The van der Waals surface area contributed by atoms with E-state index in [4.69, 9.17) is 37.9 Å². The van der Waals surface area contributed by atoms with Crippen LogP contribution in [0.15, 0.2) is 97.1 Å². The third kappa shape index (κ3) is 7.91. The Morgan fingerprint density at radius 3 is 0.769 bits per heavy atom. The molecule has 1 aliphatic carbocycles. The van der Waals surface area contributed by atoms with Gasteiger partial charge in [-0.15, -0.1) is 0 Å². The van der Waals surface area contributed by atoms with Gasteiger partial charge in [0.2, 0.25) is 0 Å². The van der Waals surface area contributed by atoms with E-state index in [0.29, 0.717) is 43.8 Å². The molecule has 12 heteroatoms. The molecule has 4 aromatic carbocycles. The van der Waals surface area contributed by atoms with Crippen LogP contribution in [0.5, 0.6) is 23.0 Å². The lowest BCUT2D eigenvalue weighted by Crippen LogP contribution is -2.18. The van der Waals surface area contributed by atoms with Crippen molar-refractivity contribution >= 4 is 46.2 Å². The summed E-state index contributed by atoms with van der Waals surface area (Å²) in [5, 5.41) is 1.91. The molecule has 0 saturated carbocycles. The molecule has 0 unspecified atom stereocenters. The van der Waals surface area contributed by atoms with E-state index in [1.807, 2.05) is 0 Å². The Hall–Kier alpha value is -6.56. The quantitative estimate of drug-likeness (QED) is 0.0528. The molecule has 0 saturated heterocycles. The van der Waals surface area contributed by atoms with Gasteiger partial charge in [-0.25, -0.2) is 19.2 Å². The van der Waals surface area contributed by atoms with Gasteiger partial charge in [-0.2, -0.15) is 0 Å². The summed E-state index contributed by atoms with van der Waals surface area (Å²) in [6, 6.07) is 13.3. The Balaban J connectivity index is 1.93. The first-order chi connectivity index (χ1) is 24.8. The van der Waals surface area contributed by atoms with Crippen molar-refractivity contribution in [3.8, 4) is 23.0 Å². The number of fused-ring (bicyclic) bond motifs is 4. The highest BCUT2D eigenvalue weighted by molar-refractivity contribution is 6.00. The van der Waals surface area contributed by atoms with Gasteiger partial charge in [-0.1, -0.05) is 74.8 Å². The Morgan fingerprint density at radius 1 is 0.404 bits per heavy atom. The van der Waals surface area contributed by atoms with Crippen LogP contribution >= 0.6 is 0 Å². The summed E-state index contributed by atoms with van der Waals surface area (Å²) in [5.41, 5.74) is 2.25. The monoisotopic (exact) mass is 708 g/mol. The lowest BCUT2D eigenvalue weighted by atomic mass is 9.91. The average molecular weight is 709 g/mol. The van der Waals surface area contributed by atoms with Crippen LogP contribution in [0.1, 0.15) is 27.7 Å². The highest BCUT2D eigenvalue weighted by Gasteiger charge is 2.30. The third-order valence-corrected chi connectivity index (χ3v) is 7.23. The van der Waals surface area contributed by atoms with E-state index in [-0.39, 0.29) is 70.3 Å². The van der Waals surface area contributed by atoms with Gasteiger partial charge in [-0.3, -0.25) is 0 Å². The molecule has 0 aromatic heterocycles. The molecule has 0 atom stereocenters. The average Bonchev–Trinajstić information content (AvgIpc) is 3.08. The van der Waals surface area contributed by atoms with Crippen molar-refractivity contribution in [1.82, 2.24) is 0 Å². The summed E-state index contributed by atoms with van der Waals surface area (Å²) >= 11 is 0. The highest BCUT2D eigenvalue weighted by Crippen LogP contribution is 2.47. The molecule has 0 amide bonds. The maximum atomic E-state index is 13.1. The van der Waals surface area contributed by atoms with E-state index in [1.54, 1.807) is 76.2 Å². The van der Waals surface area contributed by atoms with Gasteiger partial charge in [0.05, 0.1) is 0 Å². The summed E-state index contributed by atoms with van der Waals surface area (Å²) in [6.07, 6.45) is -4.27. The smallest absolute Gasteiger partial charge is 0.429 e. The highest BCUT2D eigenvalue weighted by atomic mass is 16.7. The van der Waals surface area contributed by atoms with Gasteiger partial charge in [0, 0.05) is 42.4 Å². The maximum absolute atomic E-state index is 13.1. The third-order valence-electron chi connectivity index (χ3n) is 7.23. The van der Waals surface area contributed by atoms with Crippen LogP contribution < -0.4 is 18.9 Å². The lowest BCUT2D eigenvalue weighted by Gasteiger charge is -2.22. The molecule has 4 aromatic rings. The van der Waals surface area contributed by atoms with E-state index in [2.05, 4.69) is 26.3 Å². The Bertz CT molecular complexity index is 2050. The molecule has 0 radical (unpaired) electrons. The number of carbonyl (C=O) groups is 4. The van der Waals surface area contributed by atoms with Crippen LogP contribution in [-0.4, -0.2) is 51.0 Å². The van der Waals surface area contributed by atoms with Gasteiger partial charge >= 0.3 is 24.6 Å². The normalized spacial score (nSPS) is 10.8. The van der Waals surface area contributed by atoms with Crippen molar-refractivity contribution < 1.29 is 57.1 Å². The van der Waals surface area contributed by atoms with Gasteiger partial charge in [0.15, 0.2) is 23.0 Å². The first-order valence-corrected chi connectivity index (χ1v) is 15.9. The Kier molecular flexibility index (Phi) is 11.0. The van der Waals surface area contributed by atoms with Crippen LogP contribution in [0.25, 0.3) is 21.5 Å². The molecule has 1 aliphatic rings. The minimum atomic E-state index is -1.07. The number of ether oxygens (including phenoxy) is 8. The van der Waals surface area contributed by atoms with Crippen molar-refractivity contribution in [2.24, 2.45) is 0 Å². The van der Waals surface area contributed by atoms with E-state index in [9.17, 15) is 19.2 Å². The first kappa shape index (κ1) is 36.7. The zero-order valence-electron chi connectivity index (χ0n) is 29.2. The summed E-state index contributed by atoms with van der Waals surface area (Å²) in [5.74, 6) is -0.116. The molecule has 0 aliphatic heterocycles. The van der Waals surface area contributed by atoms with Crippen LogP contribution in [0, 0.1) is 20.9 Å². The molecule has 0 fully saturated rings. The second-order valence-electron chi connectivity index (χ2n) is 12.3. The van der Waals surface area contributed by atoms with E-state index >= 15 is 0 Å². The number of hydrogen-bond donors (Lipinski definition) is 0. The molecular formula is C40H36O12. The Labute approximate surface area is 298 Å². The molecule has 0 spiro atoms. The standard InChI is InChI=1S/C40H36O12/c1-21(2)17-45-37(41)49-33-25-13-9-10-14-26(25)34(50-38(42)46-18-22(3)4)30-29(33)31-32(30)36(52-40(44)48-20-24(7)8)28-16-12-11-15-27(28)35(31)51-39(43)47-19-23(5)6/h9-16H,1,3,5,7,17-20H2,2,4,6,8H3. The second kappa shape index (κ2) is 15.5. The maximum Gasteiger partial charge on any atom is 0.514 e. The lowest BCUT2D eigenvalue weighted by molar-refractivity contribution is 0.104. The Morgan fingerprint density at radius 2 is 0.596 bits per heavy atom. The van der Waals surface area contributed by atoms with E-state index in [1.165, 1.54) is 0 Å². The van der Waals surface area contributed by atoms with Crippen LogP contribution in [-0.2, 0) is 18.9 Å². The van der Waals surface area contributed by atoms with E-state index in [0.717, 1.165) is 0 Å². The summed E-state index contributed by atoms with van der Waals surface area (Å²) < 4.78 is 44.5. The predicted octanol–water partition coefficient (Wildman–Crippen LogP) is 9.25. The van der Waals surface area contributed by atoms with Crippen LogP contribution in [0.2, 0.25) is 0 Å². The summed E-state index contributed by atoms with van der Waals surface area (Å²) in [7, 11) is 0. The van der Waals surface area contributed by atoms with E-state index < -0.39 is 24.6 Å². The zero-order valence-corrected chi connectivity index (χ0v) is 29.2. The largest absolute Gasteiger partial charge is 0.514 e. The first-order valence-electron chi connectivity index (χ1n) is 15.9. The molecule has 0 bridgehead atoms. The van der Waals surface area contributed by atoms with Crippen LogP contribution in [0.4, 0.5) is 19.2 Å². The van der Waals surface area contributed by atoms with Gasteiger partial charge < -0.3 is 37.9 Å². The van der Waals surface area contributed by atoms with Gasteiger partial charge in [0.25, 0.3) is 0 Å². The van der Waals surface area contributed by atoms with Gasteiger partial charge in [-0.05, 0) is 50.0 Å². The summed E-state index contributed by atoms with van der Waals surface area (Å²) in [4.78, 5) is 52.5. The fourth-order valence-electron chi connectivity index (χ4n) is 5.25. The van der Waals surface area contributed by atoms with Crippen molar-refractivity contribution in [2.45, 2.75) is 27.7 Å². The molecule has 52 heavy (non-hydrogen) atoms. The molecule has 0 N–H and O–H groups in total. The number of benzene rings is 4. The molecule has 12 nitrogen and oxygen atoms in total. The zero-order chi connectivity index (χ0) is 37.7. The van der Waals surface area contributed by atoms with Crippen LogP contribution in [0.3, 0.4) is 0 Å². The van der Waals surface area contributed by atoms with Gasteiger partial charge in [0.1, 0.15) is 26.4 Å². The fourth-order valence-corrected chi connectivity index (χ4v) is 5.25. The molecule has 0 heterocycles. The summed E-state index contributed by atoms with van der Waals surface area (Å²) in [6.45, 7) is 21.2. The SMILES string of the molecule is C=C(C)COC(=O)Oc1c2c(c(OC(=O)OCC(=C)C)c3ccccc13)=c1c(OC(=O)OCC(=C)C)c3ccccc3c(OC(=O)OCC(=C)C)c1=2. The van der Waals surface area contributed by atoms with Crippen molar-refractivity contribution in [3.63, 3.8) is 0 Å². The molecular weight excluding hydrogens is 672 g/mol. The number of rotatable bonds is 12.